The van der Waals surface area contributed by atoms with Crippen molar-refractivity contribution in [2.24, 2.45) is 5.73 Å². The maximum absolute atomic E-state index is 13.3. The molecule has 5 nitrogen and oxygen atoms in total. The van der Waals surface area contributed by atoms with E-state index >= 15 is 0 Å². The number of hydrogen-bond donors (Lipinski definition) is 1. The number of hydrogen-bond acceptors (Lipinski definition) is 4. The van der Waals surface area contributed by atoms with Gasteiger partial charge in [-0.1, -0.05) is 41.0 Å². The fourth-order valence-electron chi connectivity index (χ4n) is 2.71. The van der Waals surface area contributed by atoms with Crippen molar-refractivity contribution in [2.75, 3.05) is 4.90 Å². The van der Waals surface area contributed by atoms with Gasteiger partial charge in [-0.3, -0.25) is 14.5 Å². The second kappa shape index (κ2) is 8.23. The lowest BCUT2D eigenvalue weighted by molar-refractivity contribution is -0.117. The Kier molecular flexibility index (Phi) is 5.94. The number of primary amides is 1. The van der Waals surface area contributed by atoms with Crippen LogP contribution in [0, 0.1) is 17.1 Å². The van der Waals surface area contributed by atoms with Gasteiger partial charge in [0.1, 0.15) is 22.5 Å². The Hall–Kier alpha value is -2.53. The van der Waals surface area contributed by atoms with Crippen molar-refractivity contribution in [2.45, 2.75) is 11.7 Å². The van der Waals surface area contributed by atoms with Gasteiger partial charge in [-0.15, -0.1) is 0 Å². The molecule has 3 rings (SSSR count). The first kappa shape index (κ1) is 20.2. The Labute approximate surface area is 174 Å². The summed E-state index contributed by atoms with van der Waals surface area (Å²) in [4.78, 5) is 26.0. The number of carbonyl (C=O) groups excluding carboxylic acids is 2. The average Bonchev–Trinajstić information content (AvgIpc) is 2.95. The highest BCUT2D eigenvalue weighted by atomic mass is 35.5. The van der Waals surface area contributed by atoms with Crippen molar-refractivity contribution in [1.82, 2.24) is 0 Å². The molecule has 2 aromatic carbocycles. The first-order valence-corrected chi connectivity index (χ1v) is 9.59. The molecule has 1 saturated heterocycles. The summed E-state index contributed by atoms with van der Waals surface area (Å²) in [5.41, 5.74) is 6.07. The summed E-state index contributed by atoms with van der Waals surface area (Å²) in [7, 11) is 0. The number of benzene rings is 2. The number of nitrogens with zero attached hydrogens (tertiary/aromatic N) is 2. The van der Waals surface area contributed by atoms with E-state index in [9.17, 15) is 19.2 Å². The third-order valence-corrected chi connectivity index (χ3v) is 6.02. The molecule has 2 aromatic rings. The van der Waals surface area contributed by atoms with E-state index in [-0.39, 0.29) is 16.5 Å². The first-order valence-electron chi connectivity index (χ1n) is 7.96. The van der Waals surface area contributed by atoms with Crippen LogP contribution in [0.25, 0.3) is 0 Å². The van der Waals surface area contributed by atoms with Crippen LogP contribution < -0.4 is 10.6 Å². The zero-order valence-electron chi connectivity index (χ0n) is 14.2. The van der Waals surface area contributed by atoms with E-state index in [0.29, 0.717) is 22.2 Å². The van der Waals surface area contributed by atoms with Gasteiger partial charge in [-0.25, -0.2) is 4.39 Å². The number of carbonyl (C=O) groups is 2. The van der Waals surface area contributed by atoms with Crippen molar-refractivity contribution in [3.05, 3.63) is 74.5 Å². The van der Waals surface area contributed by atoms with Crippen LogP contribution in [-0.4, -0.2) is 17.1 Å². The maximum Gasteiger partial charge on any atom is 0.262 e. The van der Waals surface area contributed by atoms with E-state index in [0.717, 1.165) is 17.3 Å². The molecule has 0 unspecified atom stereocenters. The highest BCUT2D eigenvalue weighted by Gasteiger charge is 2.40. The first-order chi connectivity index (χ1) is 13.3. The largest absolute Gasteiger partial charge is 0.365 e. The fourth-order valence-corrected chi connectivity index (χ4v) is 4.34. The molecule has 0 spiro atoms. The molecular formula is C19H12Cl2FN3O2S. The number of amides is 2. The van der Waals surface area contributed by atoms with Crippen LogP contribution in [0.15, 0.2) is 53.1 Å². The standard InChI is InChI=1S/C19H12Cl2FN3O2S/c20-14-6-1-10(7-15(14)21)8-16-18(27)25(12-4-2-11(22)3-5-12)19(28-16)13(9-23)17(24)26/h1-7,16H,8H2,(H2,24,26)/b19-13+/t16-/m0/s1. The Morgan fingerprint density at radius 2 is 1.89 bits per heavy atom. The SMILES string of the molecule is N#C/C(C(N)=O)=C1\S[C@@H](Cc2ccc(Cl)c(Cl)c2)C(=O)N1c1ccc(F)cc1. The predicted molar refractivity (Wildman–Crippen MR) is 107 cm³/mol. The number of anilines is 1. The Morgan fingerprint density at radius 3 is 2.46 bits per heavy atom. The summed E-state index contributed by atoms with van der Waals surface area (Å²) in [5, 5.41) is 9.59. The monoisotopic (exact) mass is 435 g/mol. The second-order valence-corrected chi connectivity index (χ2v) is 7.87. The van der Waals surface area contributed by atoms with Crippen LogP contribution >= 0.6 is 35.0 Å². The molecular weight excluding hydrogens is 424 g/mol. The highest BCUT2D eigenvalue weighted by Crippen LogP contribution is 2.42. The summed E-state index contributed by atoms with van der Waals surface area (Å²) in [6, 6.07) is 11.9. The Balaban J connectivity index is 2.02. The van der Waals surface area contributed by atoms with E-state index in [4.69, 9.17) is 28.9 Å². The summed E-state index contributed by atoms with van der Waals surface area (Å²) < 4.78 is 13.3. The lowest BCUT2D eigenvalue weighted by Gasteiger charge is -2.18. The van der Waals surface area contributed by atoms with E-state index in [1.54, 1.807) is 24.3 Å². The lowest BCUT2D eigenvalue weighted by Crippen LogP contribution is -2.31. The lowest BCUT2D eigenvalue weighted by atomic mass is 10.1. The van der Waals surface area contributed by atoms with Crippen LogP contribution in [0.5, 0.6) is 0 Å². The van der Waals surface area contributed by atoms with Crippen molar-refractivity contribution in [3.8, 4) is 6.07 Å². The highest BCUT2D eigenvalue weighted by molar-refractivity contribution is 8.05. The van der Waals surface area contributed by atoms with Gasteiger partial charge < -0.3 is 5.73 Å². The molecule has 1 aliphatic heterocycles. The van der Waals surface area contributed by atoms with Crippen LogP contribution in [0.1, 0.15) is 5.56 Å². The molecule has 2 N–H and O–H groups in total. The van der Waals surface area contributed by atoms with Gasteiger partial charge in [0.15, 0.2) is 0 Å². The molecule has 28 heavy (non-hydrogen) atoms. The number of nitriles is 1. The third kappa shape index (κ3) is 3.99. The normalized spacial score (nSPS) is 18.1. The van der Waals surface area contributed by atoms with Crippen molar-refractivity contribution in [3.63, 3.8) is 0 Å². The zero-order valence-corrected chi connectivity index (χ0v) is 16.5. The number of thioether (sulfide) groups is 1. The number of rotatable bonds is 4. The van der Waals surface area contributed by atoms with Gasteiger partial charge in [0, 0.05) is 5.69 Å². The molecule has 1 fully saturated rings. The topological polar surface area (TPSA) is 87.2 Å². The van der Waals surface area contributed by atoms with Crippen molar-refractivity contribution in [1.29, 1.82) is 5.26 Å². The Morgan fingerprint density at radius 1 is 1.21 bits per heavy atom. The summed E-state index contributed by atoms with van der Waals surface area (Å²) in [6.45, 7) is 0. The molecule has 1 aliphatic rings. The summed E-state index contributed by atoms with van der Waals surface area (Å²) >= 11 is 13.0. The fraction of sp³-hybridized carbons (Fsp3) is 0.105. The van der Waals surface area contributed by atoms with E-state index in [1.165, 1.54) is 29.2 Å². The van der Waals surface area contributed by atoms with E-state index < -0.39 is 17.0 Å². The van der Waals surface area contributed by atoms with Crippen LogP contribution in [-0.2, 0) is 16.0 Å². The van der Waals surface area contributed by atoms with Crippen LogP contribution in [0.4, 0.5) is 10.1 Å². The quantitative estimate of drug-likeness (QED) is 0.579. The molecule has 1 heterocycles. The number of halogens is 3. The van der Waals surface area contributed by atoms with Gasteiger partial charge in [0.05, 0.1) is 15.3 Å². The summed E-state index contributed by atoms with van der Waals surface area (Å²) in [6.07, 6.45) is 0.291. The molecule has 1 atom stereocenters. The molecule has 0 radical (unpaired) electrons. The maximum atomic E-state index is 13.3. The molecule has 0 saturated carbocycles. The van der Waals surface area contributed by atoms with Crippen LogP contribution in [0.2, 0.25) is 10.0 Å². The van der Waals surface area contributed by atoms with Gasteiger partial charge in [-0.05, 0) is 48.4 Å². The van der Waals surface area contributed by atoms with Gasteiger partial charge in [-0.2, -0.15) is 5.26 Å². The van der Waals surface area contributed by atoms with Crippen molar-refractivity contribution < 1.29 is 14.0 Å². The predicted octanol–water partition coefficient (Wildman–Crippen LogP) is 4.04. The summed E-state index contributed by atoms with van der Waals surface area (Å²) in [5.74, 6) is -1.77. The molecule has 0 bridgehead atoms. The minimum absolute atomic E-state index is 0.122. The molecule has 9 heteroatoms. The van der Waals surface area contributed by atoms with Gasteiger partial charge in [0.2, 0.25) is 5.91 Å². The number of nitrogens with two attached hydrogens (primary N) is 1. The molecule has 0 aliphatic carbocycles. The minimum atomic E-state index is -0.944. The average molecular weight is 436 g/mol. The third-order valence-electron chi connectivity index (χ3n) is 4.01. The Bertz CT molecular complexity index is 1030. The van der Waals surface area contributed by atoms with Gasteiger partial charge >= 0.3 is 0 Å². The van der Waals surface area contributed by atoms with Gasteiger partial charge in [0.25, 0.3) is 5.91 Å². The van der Waals surface area contributed by atoms with E-state index in [2.05, 4.69) is 0 Å². The van der Waals surface area contributed by atoms with E-state index in [1.807, 2.05) is 0 Å². The smallest absolute Gasteiger partial charge is 0.262 e. The second-order valence-electron chi connectivity index (χ2n) is 5.87. The zero-order chi connectivity index (χ0) is 20.4. The minimum Gasteiger partial charge on any atom is -0.365 e. The van der Waals surface area contributed by atoms with Crippen molar-refractivity contribution >= 4 is 52.5 Å². The molecule has 142 valence electrons. The molecule has 0 aromatic heterocycles. The molecule has 2 amide bonds. The van der Waals surface area contributed by atoms with Crippen LogP contribution in [0.3, 0.4) is 0 Å².